The molecule has 0 aliphatic carbocycles. The summed E-state index contributed by atoms with van der Waals surface area (Å²) in [5, 5.41) is 12.1. The highest BCUT2D eigenvalue weighted by Gasteiger charge is 2.39. The largest absolute Gasteiger partial charge is 0.478 e. The molecule has 1 amide bonds. The lowest BCUT2D eigenvalue weighted by molar-refractivity contribution is -0.152. The maximum absolute atomic E-state index is 13.1. The zero-order valence-electron chi connectivity index (χ0n) is 17.2. The van der Waals surface area contributed by atoms with Crippen LogP contribution in [-0.4, -0.2) is 29.2 Å². The summed E-state index contributed by atoms with van der Waals surface area (Å²) in [5.74, 6) is -1.07. The first-order valence-electron chi connectivity index (χ1n) is 9.23. The minimum absolute atomic E-state index is 0.301. The lowest BCUT2D eigenvalue weighted by Gasteiger charge is -2.27. The molecule has 0 aliphatic heterocycles. The van der Waals surface area contributed by atoms with Crippen LogP contribution < -0.4 is 10.1 Å². The molecule has 2 aromatic rings. The second-order valence-electron chi connectivity index (χ2n) is 7.30. The number of aryl methyl sites for hydroxylation is 2. The Labute approximate surface area is 179 Å². The van der Waals surface area contributed by atoms with E-state index >= 15 is 0 Å². The van der Waals surface area contributed by atoms with E-state index in [0.29, 0.717) is 23.6 Å². The molecule has 0 aliphatic rings. The Morgan fingerprint density at radius 1 is 1.07 bits per heavy atom. The topological polar surface area (TPSA) is 84.9 Å². The second-order valence-corrected chi connectivity index (χ2v) is 8.42. The quantitative estimate of drug-likeness (QED) is 0.550. The summed E-state index contributed by atoms with van der Waals surface area (Å²) in [5.41, 5.74) is 1.95. The number of ether oxygens (including phenoxy) is 2. The Hall–Kier alpha value is -2.38. The van der Waals surface area contributed by atoms with Crippen LogP contribution >= 0.6 is 15.9 Å². The molecule has 0 saturated heterocycles. The van der Waals surface area contributed by atoms with Crippen LogP contribution in [0.3, 0.4) is 0 Å². The van der Waals surface area contributed by atoms with E-state index in [9.17, 15) is 14.7 Å². The van der Waals surface area contributed by atoms with Crippen molar-refractivity contribution in [3.63, 3.8) is 0 Å². The molecule has 2 aromatic carbocycles. The third-order valence-corrected chi connectivity index (χ3v) is 5.28. The first-order valence-corrected chi connectivity index (χ1v) is 10.0. The molecular formula is C22H26BrNO5. The number of hydrogen-bond acceptors (Lipinski definition) is 4. The Kier molecular flexibility index (Phi) is 7.08. The number of carbonyl (C=O) groups excluding carboxylic acids is 1. The predicted octanol–water partition coefficient (Wildman–Crippen LogP) is 4.77. The highest BCUT2D eigenvalue weighted by Crippen LogP contribution is 2.36. The highest BCUT2D eigenvalue weighted by molar-refractivity contribution is 9.10. The molecule has 1 unspecified atom stereocenters. The number of anilines is 1. The maximum Gasteiger partial charge on any atom is 0.347 e. The number of carboxylic acid groups (broad SMARTS) is 1. The third kappa shape index (κ3) is 5.58. The average Bonchev–Trinajstić information content (AvgIpc) is 2.61. The molecule has 0 saturated carbocycles. The first-order chi connectivity index (χ1) is 13.5. The number of nitrogens with one attached hydrogen (secondary N) is 1. The summed E-state index contributed by atoms with van der Waals surface area (Å²) in [4.78, 5) is 24.3. The number of benzene rings is 2. The fourth-order valence-corrected chi connectivity index (χ4v) is 3.41. The van der Waals surface area contributed by atoms with Crippen molar-refractivity contribution >= 4 is 33.5 Å². The van der Waals surface area contributed by atoms with Crippen molar-refractivity contribution < 1.29 is 24.2 Å². The molecule has 0 fully saturated rings. The molecule has 29 heavy (non-hydrogen) atoms. The fraction of sp³-hybridized carbons (Fsp3) is 0.364. The summed E-state index contributed by atoms with van der Waals surface area (Å²) in [7, 11) is 0. The van der Waals surface area contributed by atoms with Gasteiger partial charge in [-0.3, -0.25) is 4.79 Å². The molecule has 0 aromatic heterocycles. The van der Waals surface area contributed by atoms with E-state index in [4.69, 9.17) is 9.47 Å². The van der Waals surface area contributed by atoms with E-state index in [1.165, 1.54) is 13.8 Å². The maximum atomic E-state index is 13.1. The van der Waals surface area contributed by atoms with Crippen molar-refractivity contribution in [2.24, 2.45) is 0 Å². The monoisotopic (exact) mass is 463 g/mol. The third-order valence-electron chi connectivity index (χ3n) is 4.23. The van der Waals surface area contributed by atoms with Crippen LogP contribution in [0.4, 0.5) is 5.69 Å². The number of hydrogen-bond donors (Lipinski definition) is 2. The van der Waals surface area contributed by atoms with Crippen LogP contribution in [0.5, 0.6) is 5.75 Å². The van der Waals surface area contributed by atoms with Gasteiger partial charge >= 0.3 is 5.97 Å². The number of halogens is 1. The molecule has 7 heteroatoms. The number of carbonyl (C=O) groups is 2. The van der Waals surface area contributed by atoms with Crippen LogP contribution in [-0.2, 0) is 18.8 Å². The number of alkyl halides is 1. The fourth-order valence-electron chi connectivity index (χ4n) is 2.81. The summed E-state index contributed by atoms with van der Waals surface area (Å²) < 4.78 is 9.87. The van der Waals surface area contributed by atoms with E-state index in [0.717, 1.165) is 11.1 Å². The zero-order valence-corrected chi connectivity index (χ0v) is 18.8. The van der Waals surface area contributed by atoms with Crippen LogP contribution in [0.25, 0.3) is 0 Å². The standard InChI is InChI=1S/C22H26BrNO5/c1-6-28-22(23,19(25)24-17-12-14(2)11-15(3)13-17)16-7-9-18(10-8-16)29-21(4,5)20(26)27/h7-13H,6H2,1-5H3,(H,24,25)(H,26,27). The molecule has 0 radical (unpaired) electrons. The van der Waals surface area contributed by atoms with Gasteiger partial charge in [0.15, 0.2) is 5.60 Å². The Morgan fingerprint density at radius 3 is 2.10 bits per heavy atom. The van der Waals surface area contributed by atoms with Gasteiger partial charge in [0, 0.05) is 17.9 Å². The van der Waals surface area contributed by atoms with E-state index in [1.807, 2.05) is 32.0 Å². The molecule has 2 N–H and O–H groups in total. The van der Waals surface area contributed by atoms with E-state index in [-0.39, 0.29) is 5.91 Å². The van der Waals surface area contributed by atoms with Crippen molar-refractivity contribution in [2.45, 2.75) is 44.7 Å². The smallest absolute Gasteiger partial charge is 0.347 e. The number of amides is 1. The Balaban J connectivity index is 2.28. The van der Waals surface area contributed by atoms with Gasteiger partial charge in [-0.1, -0.05) is 18.2 Å². The van der Waals surface area contributed by atoms with Gasteiger partial charge in [-0.05, 0) is 85.9 Å². The van der Waals surface area contributed by atoms with Crippen molar-refractivity contribution in [1.82, 2.24) is 0 Å². The minimum atomic E-state index is -1.40. The van der Waals surface area contributed by atoms with Crippen LogP contribution in [0, 0.1) is 13.8 Å². The normalized spacial score (nSPS) is 13.4. The summed E-state index contributed by atoms with van der Waals surface area (Å²) in [6.45, 7) is 8.96. The van der Waals surface area contributed by atoms with E-state index < -0.39 is 16.1 Å². The average molecular weight is 464 g/mol. The van der Waals surface area contributed by atoms with Gasteiger partial charge in [0.25, 0.3) is 5.91 Å². The number of rotatable bonds is 8. The second kappa shape index (κ2) is 8.97. The molecule has 0 bridgehead atoms. The summed E-state index contributed by atoms with van der Waals surface area (Å²) in [6, 6.07) is 12.3. The molecule has 1 atom stereocenters. The molecular weight excluding hydrogens is 438 g/mol. The molecule has 156 valence electrons. The number of carboxylic acids is 1. The van der Waals surface area contributed by atoms with Crippen molar-refractivity contribution in [1.29, 1.82) is 0 Å². The van der Waals surface area contributed by atoms with Crippen LogP contribution in [0.1, 0.15) is 37.5 Å². The van der Waals surface area contributed by atoms with Gasteiger partial charge in [-0.25, -0.2) is 4.79 Å². The first kappa shape index (κ1) is 22.9. The minimum Gasteiger partial charge on any atom is -0.478 e. The van der Waals surface area contributed by atoms with E-state index in [2.05, 4.69) is 21.2 Å². The lowest BCUT2D eigenvalue weighted by Crippen LogP contribution is -2.38. The van der Waals surface area contributed by atoms with Gasteiger partial charge in [0.2, 0.25) is 4.51 Å². The van der Waals surface area contributed by atoms with Gasteiger partial charge < -0.3 is 19.9 Å². The SMILES string of the molecule is CCOC(Br)(C(=O)Nc1cc(C)cc(C)c1)c1ccc(OC(C)(C)C(=O)O)cc1. The van der Waals surface area contributed by atoms with Crippen LogP contribution in [0.2, 0.25) is 0 Å². The molecule has 2 rings (SSSR count). The Bertz CT molecular complexity index is 874. The molecule has 6 nitrogen and oxygen atoms in total. The van der Waals surface area contributed by atoms with Crippen molar-refractivity contribution in [3.8, 4) is 5.75 Å². The van der Waals surface area contributed by atoms with Gasteiger partial charge in [-0.15, -0.1) is 0 Å². The van der Waals surface area contributed by atoms with Gasteiger partial charge in [0.05, 0.1) is 0 Å². The van der Waals surface area contributed by atoms with Crippen molar-refractivity contribution in [2.75, 3.05) is 11.9 Å². The predicted molar refractivity (Wildman–Crippen MR) is 116 cm³/mol. The van der Waals surface area contributed by atoms with Crippen molar-refractivity contribution in [3.05, 3.63) is 59.2 Å². The Morgan fingerprint density at radius 2 is 1.62 bits per heavy atom. The zero-order chi connectivity index (χ0) is 21.8. The lowest BCUT2D eigenvalue weighted by atomic mass is 10.1. The van der Waals surface area contributed by atoms with Crippen LogP contribution in [0.15, 0.2) is 42.5 Å². The molecule has 0 spiro atoms. The summed E-state index contributed by atoms with van der Waals surface area (Å²) >= 11 is 3.45. The van der Waals surface area contributed by atoms with E-state index in [1.54, 1.807) is 31.2 Å². The summed E-state index contributed by atoms with van der Waals surface area (Å²) in [6.07, 6.45) is 0. The van der Waals surface area contributed by atoms with Gasteiger partial charge in [-0.2, -0.15) is 0 Å². The van der Waals surface area contributed by atoms with Gasteiger partial charge in [0.1, 0.15) is 5.75 Å². The molecule has 0 heterocycles. The highest BCUT2D eigenvalue weighted by atomic mass is 79.9. The number of aliphatic carboxylic acids is 1.